The SMILES string of the molecule is COc1cccc2c(C3=C(c4cn(C)c5ccccc45)C(=O)N(CCC#N)C3=O)c[nH]c12. The molecule has 0 spiro atoms. The molecule has 1 aliphatic heterocycles. The van der Waals surface area contributed by atoms with Gasteiger partial charge in [0, 0.05) is 53.4 Å². The Labute approximate surface area is 184 Å². The lowest BCUT2D eigenvalue weighted by atomic mass is 9.95. The lowest BCUT2D eigenvalue weighted by Gasteiger charge is -2.12. The van der Waals surface area contributed by atoms with Crippen molar-refractivity contribution in [3.63, 3.8) is 0 Å². The Balaban J connectivity index is 1.81. The number of hydrogen-bond acceptors (Lipinski definition) is 4. The van der Waals surface area contributed by atoms with Gasteiger partial charge in [0.25, 0.3) is 11.8 Å². The summed E-state index contributed by atoms with van der Waals surface area (Å²) in [6.07, 6.45) is 3.70. The van der Waals surface area contributed by atoms with Gasteiger partial charge >= 0.3 is 0 Å². The lowest BCUT2D eigenvalue weighted by molar-refractivity contribution is -0.135. The fraction of sp³-hybridized carbons (Fsp3) is 0.160. The second kappa shape index (κ2) is 7.43. The first-order valence-corrected chi connectivity index (χ1v) is 10.2. The van der Waals surface area contributed by atoms with Crippen LogP contribution in [0.15, 0.2) is 54.9 Å². The monoisotopic (exact) mass is 424 g/mol. The van der Waals surface area contributed by atoms with E-state index in [-0.39, 0.29) is 18.9 Å². The van der Waals surface area contributed by atoms with Gasteiger partial charge in [0.15, 0.2) is 0 Å². The molecule has 0 unspecified atom stereocenters. The third-order valence-electron chi connectivity index (χ3n) is 5.95. The average molecular weight is 424 g/mol. The molecule has 0 fully saturated rings. The standard InChI is InChI=1S/C25H20N4O3/c1-28-14-18(15-7-3-4-9-19(15)28)22-21(24(30)29(25(22)31)12-6-11-26)17-13-27-23-16(17)8-5-10-20(23)32-2/h3-5,7-10,13-14,27H,6,12H2,1-2H3. The number of fused-ring (bicyclic) bond motifs is 2. The summed E-state index contributed by atoms with van der Waals surface area (Å²) < 4.78 is 7.40. The van der Waals surface area contributed by atoms with Crippen LogP contribution in [0.1, 0.15) is 17.5 Å². The number of aromatic nitrogens is 2. The van der Waals surface area contributed by atoms with Crippen LogP contribution in [-0.4, -0.2) is 39.9 Å². The molecule has 0 saturated carbocycles. The van der Waals surface area contributed by atoms with Crippen LogP contribution in [0, 0.1) is 11.3 Å². The molecule has 0 saturated heterocycles. The number of aromatic amines is 1. The van der Waals surface area contributed by atoms with Crippen molar-refractivity contribution in [2.45, 2.75) is 6.42 Å². The summed E-state index contributed by atoms with van der Waals surface area (Å²) in [6.45, 7) is 0.0532. The van der Waals surface area contributed by atoms with Crippen LogP contribution < -0.4 is 4.74 Å². The minimum absolute atomic E-state index is 0.0532. The molecule has 7 nitrogen and oxygen atoms in total. The van der Waals surface area contributed by atoms with Gasteiger partial charge in [0.1, 0.15) is 5.75 Å². The van der Waals surface area contributed by atoms with Crippen molar-refractivity contribution < 1.29 is 14.3 Å². The van der Waals surface area contributed by atoms with Gasteiger partial charge in [-0.2, -0.15) is 5.26 Å². The summed E-state index contributed by atoms with van der Waals surface area (Å²) >= 11 is 0. The number of benzene rings is 2. The van der Waals surface area contributed by atoms with Gasteiger partial charge in [-0.15, -0.1) is 0 Å². The van der Waals surface area contributed by atoms with E-state index in [1.165, 1.54) is 4.90 Å². The minimum Gasteiger partial charge on any atom is -0.495 e. The van der Waals surface area contributed by atoms with Crippen LogP contribution in [0.3, 0.4) is 0 Å². The molecule has 2 aromatic carbocycles. The minimum atomic E-state index is -0.392. The number of H-pyrrole nitrogens is 1. The van der Waals surface area contributed by atoms with E-state index in [4.69, 9.17) is 10.00 Å². The molecule has 4 aromatic rings. The van der Waals surface area contributed by atoms with Gasteiger partial charge in [-0.3, -0.25) is 14.5 Å². The lowest BCUT2D eigenvalue weighted by Crippen LogP contribution is -2.32. The van der Waals surface area contributed by atoms with Crippen LogP contribution in [0.4, 0.5) is 0 Å². The number of hydrogen-bond donors (Lipinski definition) is 1. The molecular weight excluding hydrogens is 404 g/mol. The molecule has 1 N–H and O–H groups in total. The highest BCUT2D eigenvalue weighted by molar-refractivity contribution is 6.50. The summed E-state index contributed by atoms with van der Waals surface area (Å²) in [5.74, 6) is -0.120. The molecule has 3 heterocycles. The van der Waals surface area contributed by atoms with Crippen molar-refractivity contribution in [2.75, 3.05) is 13.7 Å². The zero-order chi connectivity index (χ0) is 22.4. The van der Waals surface area contributed by atoms with Crippen LogP contribution >= 0.6 is 0 Å². The van der Waals surface area contributed by atoms with Gasteiger partial charge < -0.3 is 14.3 Å². The summed E-state index contributed by atoms with van der Waals surface area (Å²) in [5.41, 5.74) is 3.75. The van der Waals surface area contributed by atoms with Crippen LogP contribution in [0.2, 0.25) is 0 Å². The number of rotatable bonds is 5. The van der Waals surface area contributed by atoms with E-state index in [9.17, 15) is 9.59 Å². The quantitative estimate of drug-likeness (QED) is 0.493. The van der Waals surface area contributed by atoms with E-state index in [0.29, 0.717) is 28.0 Å². The van der Waals surface area contributed by atoms with Crippen LogP contribution in [0.5, 0.6) is 5.75 Å². The van der Waals surface area contributed by atoms with E-state index in [2.05, 4.69) is 4.98 Å². The largest absolute Gasteiger partial charge is 0.495 e. The first kappa shape index (κ1) is 19.6. The molecule has 0 aliphatic carbocycles. The molecule has 7 heteroatoms. The van der Waals surface area contributed by atoms with Crippen molar-refractivity contribution in [3.8, 4) is 11.8 Å². The van der Waals surface area contributed by atoms with Crippen molar-refractivity contribution in [2.24, 2.45) is 7.05 Å². The number of para-hydroxylation sites is 2. The molecule has 2 aromatic heterocycles. The van der Waals surface area contributed by atoms with Crippen molar-refractivity contribution >= 4 is 44.8 Å². The Morgan fingerprint density at radius 1 is 1.00 bits per heavy atom. The predicted molar refractivity (Wildman–Crippen MR) is 122 cm³/mol. The maximum absolute atomic E-state index is 13.5. The summed E-state index contributed by atoms with van der Waals surface area (Å²) in [7, 11) is 3.50. The van der Waals surface area contributed by atoms with Crippen LogP contribution in [-0.2, 0) is 16.6 Å². The number of imide groups is 1. The summed E-state index contributed by atoms with van der Waals surface area (Å²) in [6, 6.07) is 15.4. The molecule has 0 bridgehead atoms. The molecule has 32 heavy (non-hydrogen) atoms. The van der Waals surface area contributed by atoms with Gasteiger partial charge in [0.05, 0.1) is 36.3 Å². The zero-order valence-electron chi connectivity index (χ0n) is 17.7. The number of ether oxygens (including phenoxy) is 1. The van der Waals surface area contributed by atoms with Gasteiger partial charge in [-0.25, -0.2) is 0 Å². The predicted octanol–water partition coefficient (Wildman–Crippen LogP) is 3.86. The number of aryl methyl sites for hydroxylation is 1. The van der Waals surface area contributed by atoms with Crippen molar-refractivity contribution in [1.29, 1.82) is 5.26 Å². The van der Waals surface area contributed by atoms with Gasteiger partial charge in [-0.05, 0) is 12.1 Å². The van der Waals surface area contributed by atoms with Crippen molar-refractivity contribution in [3.05, 3.63) is 66.0 Å². The molecule has 5 rings (SSSR count). The average Bonchev–Trinajstić information content (AvgIpc) is 3.45. The fourth-order valence-corrected chi connectivity index (χ4v) is 4.49. The highest BCUT2D eigenvalue weighted by atomic mass is 16.5. The molecule has 2 amide bonds. The summed E-state index contributed by atoms with van der Waals surface area (Å²) in [5, 5.41) is 10.7. The molecule has 0 radical (unpaired) electrons. The molecule has 1 aliphatic rings. The van der Waals surface area contributed by atoms with Crippen molar-refractivity contribution in [1.82, 2.24) is 14.5 Å². The highest BCUT2D eigenvalue weighted by Crippen LogP contribution is 2.42. The Kier molecular flexibility index (Phi) is 4.56. The molecule has 158 valence electrons. The first-order chi connectivity index (χ1) is 15.6. The van der Waals surface area contributed by atoms with E-state index < -0.39 is 5.91 Å². The van der Waals surface area contributed by atoms with E-state index in [1.807, 2.05) is 66.3 Å². The Hall–Kier alpha value is -4.31. The maximum atomic E-state index is 13.5. The highest BCUT2D eigenvalue weighted by Gasteiger charge is 2.41. The maximum Gasteiger partial charge on any atom is 0.262 e. The van der Waals surface area contributed by atoms with Crippen LogP contribution in [0.25, 0.3) is 33.0 Å². The number of methoxy groups -OCH3 is 1. The second-order valence-corrected chi connectivity index (χ2v) is 7.68. The van der Waals surface area contributed by atoms with E-state index in [1.54, 1.807) is 13.3 Å². The number of nitrogens with zero attached hydrogens (tertiary/aromatic N) is 3. The normalized spacial score (nSPS) is 14.1. The van der Waals surface area contributed by atoms with Gasteiger partial charge in [0.2, 0.25) is 0 Å². The fourth-order valence-electron chi connectivity index (χ4n) is 4.49. The number of carbonyl (C=O) groups is 2. The third-order valence-corrected chi connectivity index (χ3v) is 5.95. The zero-order valence-corrected chi connectivity index (χ0v) is 17.7. The smallest absolute Gasteiger partial charge is 0.262 e. The molecule has 0 atom stereocenters. The van der Waals surface area contributed by atoms with E-state index >= 15 is 0 Å². The second-order valence-electron chi connectivity index (χ2n) is 7.68. The Morgan fingerprint density at radius 2 is 1.72 bits per heavy atom. The number of amides is 2. The third kappa shape index (κ3) is 2.73. The van der Waals surface area contributed by atoms with Gasteiger partial charge in [-0.1, -0.05) is 30.3 Å². The van der Waals surface area contributed by atoms with E-state index in [0.717, 1.165) is 21.8 Å². The Morgan fingerprint density at radius 3 is 2.47 bits per heavy atom. The Bertz CT molecular complexity index is 1480. The molecular formula is C25H20N4O3. The number of nitriles is 1. The topological polar surface area (TPSA) is 91.1 Å². The number of carbonyl (C=O) groups excluding carboxylic acids is 2. The number of nitrogens with one attached hydrogen (secondary N) is 1. The summed E-state index contributed by atoms with van der Waals surface area (Å²) in [4.78, 5) is 31.4. The first-order valence-electron chi connectivity index (χ1n) is 10.2.